The Labute approximate surface area is 246 Å². The number of halogens is 3. The molecule has 0 aliphatic heterocycles. The molecule has 5 heteroatoms. The lowest BCUT2D eigenvalue weighted by molar-refractivity contribution is -0.136. The molecule has 0 unspecified atom stereocenters. The molecule has 1 nitrogen and oxygen atoms in total. The fourth-order valence-electron chi connectivity index (χ4n) is 6.03. The predicted octanol–water partition coefficient (Wildman–Crippen LogP) is 11.6. The van der Waals surface area contributed by atoms with E-state index >= 15 is 0 Å². The summed E-state index contributed by atoms with van der Waals surface area (Å²) in [7, 11) is 0. The van der Waals surface area contributed by atoms with Crippen LogP contribution in [-0.2, 0) is 18.0 Å². The highest BCUT2D eigenvalue weighted by atomic mass is 32.1. The molecule has 0 aliphatic rings. The fourth-order valence-corrected chi connectivity index (χ4v) is 7.53. The second-order valence-corrected chi connectivity index (χ2v) is 14.6. The first-order valence-electron chi connectivity index (χ1n) is 14.5. The van der Waals surface area contributed by atoms with Gasteiger partial charge in [-0.2, -0.15) is 13.2 Å². The molecule has 0 amide bonds. The molecule has 0 saturated carbocycles. The first kappa shape index (κ1) is 28.0. The van der Waals surface area contributed by atoms with Gasteiger partial charge in [-0.1, -0.05) is 77.9 Å². The molecule has 2 heterocycles. The molecule has 41 heavy (non-hydrogen) atoms. The Morgan fingerprint density at radius 3 is 2.07 bits per heavy atom. The lowest BCUT2D eigenvalue weighted by Gasteiger charge is -2.23. The van der Waals surface area contributed by atoms with Gasteiger partial charge in [0.2, 0.25) is 0 Å². The topological polar surface area (TPSA) is 12.9 Å². The van der Waals surface area contributed by atoms with Crippen molar-refractivity contribution in [1.29, 1.82) is 0 Å². The minimum atomic E-state index is -4.70. The molecule has 3 aromatic carbocycles. The van der Waals surface area contributed by atoms with Crippen LogP contribution in [0.3, 0.4) is 0 Å². The van der Waals surface area contributed by atoms with Crippen LogP contribution in [0.4, 0.5) is 13.2 Å². The molecule has 5 rings (SSSR count). The Hall–Kier alpha value is -3.18. The molecule has 0 radical (unpaired) electrons. The summed E-state index contributed by atoms with van der Waals surface area (Å²) in [5, 5.41) is 2.18. The van der Waals surface area contributed by atoms with Crippen LogP contribution < -0.4 is 0 Å². The van der Waals surface area contributed by atoms with Crippen LogP contribution in [-0.4, -0.2) is 4.98 Å². The van der Waals surface area contributed by atoms with E-state index in [0.29, 0.717) is 16.0 Å². The summed E-state index contributed by atoms with van der Waals surface area (Å²) in [6, 6.07) is 16.4. The van der Waals surface area contributed by atoms with Gasteiger partial charge in [0.15, 0.2) is 0 Å². The number of nitrogens with zero attached hydrogens (tertiary/aromatic N) is 1. The van der Waals surface area contributed by atoms with Gasteiger partial charge in [-0.25, -0.2) is 0 Å². The van der Waals surface area contributed by atoms with E-state index in [-0.39, 0.29) is 16.2 Å². The van der Waals surface area contributed by atoms with Gasteiger partial charge in [-0.15, -0.1) is 11.3 Å². The Morgan fingerprint density at radius 2 is 1.49 bits per heavy atom. The van der Waals surface area contributed by atoms with Gasteiger partial charge in [-0.3, -0.25) is 4.98 Å². The Kier molecular flexibility index (Phi) is 6.80. The number of benzene rings is 3. The highest BCUT2D eigenvalue weighted by molar-refractivity contribution is 7.23. The highest BCUT2D eigenvalue weighted by Gasteiger charge is 2.36. The summed E-state index contributed by atoms with van der Waals surface area (Å²) in [5.41, 5.74) is 6.01. The van der Waals surface area contributed by atoms with Crippen LogP contribution in [0.5, 0.6) is 0 Å². The summed E-state index contributed by atoms with van der Waals surface area (Å²) >= 11 is 1.36. The van der Waals surface area contributed by atoms with Crippen molar-refractivity contribution in [3.63, 3.8) is 0 Å². The first-order valence-corrected chi connectivity index (χ1v) is 14.8. The van der Waals surface area contributed by atoms with E-state index in [1.165, 1.54) is 16.9 Å². The third kappa shape index (κ3) is 5.53. The zero-order valence-corrected chi connectivity index (χ0v) is 26.1. The van der Waals surface area contributed by atoms with Gasteiger partial charge in [0.05, 0.1) is 17.3 Å². The predicted molar refractivity (Wildman–Crippen MR) is 169 cm³/mol. The van der Waals surface area contributed by atoms with Crippen molar-refractivity contribution in [2.75, 3.05) is 0 Å². The average Bonchev–Trinajstić information content (AvgIpc) is 3.16. The second kappa shape index (κ2) is 9.97. The number of fused-ring (bicyclic) bond motifs is 2. The number of aromatic nitrogens is 1. The van der Waals surface area contributed by atoms with Crippen LogP contribution >= 0.6 is 11.3 Å². The Morgan fingerprint density at radius 1 is 0.854 bits per heavy atom. The van der Waals surface area contributed by atoms with E-state index < -0.39 is 17.9 Å². The Bertz CT molecular complexity index is 1830. The van der Waals surface area contributed by atoms with Gasteiger partial charge < -0.3 is 0 Å². The largest absolute Gasteiger partial charge is 0.418 e. The molecule has 0 N–H and O–H groups in total. The van der Waals surface area contributed by atoms with E-state index in [2.05, 4.69) is 64.7 Å². The minimum absolute atomic E-state index is 0.0838. The van der Waals surface area contributed by atoms with Crippen LogP contribution in [0.25, 0.3) is 42.6 Å². The number of rotatable bonds is 3. The van der Waals surface area contributed by atoms with E-state index in [0.717, 1.165) is 49.9 Å². The van der Waals surface area contributed by atoms with Gasteiger partial charge in [0.25, 0.3) is 0 Å². The molecular weight excluding hydrogens is 535 g/mol. The monoisotopic (exact) mass is 574 g/mol. The van der Waals surface area contributed by atoms with Crippen molar-refractivity contribution in [2.24, 2.45) is 5.41 Å². The van der Waals surface area contributed by atoms with Gasteiger partial charge in [-0.05, 0) is 94.3 Å². The summed E-state index contributed by atoms with van der Waals surface area (Å²) < 4.78 is 52.6. The maximum Gasteiger partial charge on any atom is 0.418 e. The quantitative estimate of drug-likeness (QED) is 0.209. The molecule has 0 aliphatic carbocycles. The third-order valence-electron chi connectivity index (χ3n) is 7.67. The summed E-state index contributed by atoms with van der Waals surface area (Å²) in [6.07, 6.45) is -4.53. The molecule has 0 atom stereocenters. The molecule has 0 fully saturated rings. The van der Waals surface area contributed by atoms with Gasteiger partial charge in [0, 0.05) is 22.0 Å². The smallest absolute Gasteiger partial charge is 0.254 e. The molecule has 0 bridgehead atoms. The number of aryl methyl sites for hydroxylation is 3. The van der Waals surface area contributed by atoms with Gasteiger partial charge in [0.1, 0.15) is 0 Å². The van der Waals surface area contributed by atoms with Crippen molar-refractivity contribution >= 4 is 32.2 Å². The van der Waals surface area contributed by atoms with Crippen molar-refractivity contribution in [3.8, 4) is 21.7 Å². The van der Waals surface area contributed by atoms with Crippen molar-refractivity contribution in [2.45, 2.75) is 80.3 Å². The van der Waals surface area contributed by atoms with Crippen LogP contribution in [0.2, 0.25) is 0 Å². The second-order valence-electron chi connectivity index (χ2n) is 13.5. The van der Waals surface area contributed by atoms with Crippen LogP contribution in [0.15, 0.2) is 54.7 Å². The normalized spacial score (nSPS) is 13.3. The molecule has 5 aromatic rings. The minimum Gasteiger partial charge on any atom is -0.254 e. The van der Waals surface area contributed by atoms with Crippen molar-refractivity contribution < 1.29 is 14.5 Å². The lowest BCUT2D eigenvalue weighted by atomic mass is 9.82. The molecule has 214 valence electrons. The summed E-state index contributed by atoms with van der Waals surface area (Å²) in [5.74, 6) is 0. The first-order chi connectivity index (χ1) is 19.4. The standard InChI is InChI=1S/C36H38F3NS/c1-20-14-23(18-34(4,5)6)15-21(2)29(20)32-22(3)30-28(36(37,38)39)19-40-31(33(30)41-32)25-16-24-12-10-11-13-26(24)27(17-25)35(7,8)9/h10-17,19H,18H2,1-9H3/i19D. The third-order valence-corrected chi connectivity index (χ3v) is 8.99. The fraction of sp³-hybridized carbons (Fsp3) is 0.361. The number of pyridine rings is 1. The van der Waals surface area contributed by atoms with Crippen molar-refractivity contribution in [1.82, 2.24) is 4.98 Å². The Balaban J connectivity index is 1.86. The van der Waals surface area contributed by atoms with E-state index in [4.69, 9.17) is 1.37 Å². The SMILES string of the molecule is [2H]c1nc(-c2cc(C(C)(C)C)c3ccccc3c2)c2sc(-c3c(C)cc(CC(C)(C)C)cc3C)c(C)c2c1C(F)(F)F. The van der Waals surface area contributed by atoms with Crippen molar-refractivity contribution in [3.05, 3.63) is 88.1 Å². The van der Waals surface area contributed by atoms with E-state index in [9.17, 15) is 13.2 Å². The zero-order valence-electron chi connectivity index (χ0n) is 26.3. The van der Waals surface area contributed by atoms with Crippen LogP contribution in [0, 0.1) is 26.2 Å². The molecular formula is C36H38F3NS. The number of hydrogen-bond donors (Lipinski definition) is 0. The van der Waals surface area contributed by atoms with Gasteiger partial charge >= 0.3 is 6.18 Å². The number of alkyl halides is 3. The molecule has 2 aromatic heterocycles. The average molecular weight is 575 g/mol. The zero-order chi connectivity index (χ0) is 30.9. The van der Waals surface area contributed by atoms with E-state index in [1.807, 2.05) is 44.2 Å². The molecule has 0 spiro atoms. The van der Waals surface area contributed by atoms with Crippen LogP contribution in [0.1, 0.15) is 76.3 Å². The summed E-state index contributed by atoms with van der Waals surface area (Å²) in [6.45, 7) is 18.8. The highest BCUT2D eigenvalue weighted by Crippen LogP contribution is 2.49. The number of thiophene rings is 1. The number of hydrogen-bond acceptors (Lipinski definition) is 2. The molecule has 0 saturated heterocycles. The van der Waals surface area contributed by atoms with E-state index in [1.54, 1.807) is 6.92 Å². The lowest BCUT2D eigenvalue weighted by Crippen LogP contribution is -2.12. The maximum absolute atomic E-state index is 14.5. The summed E-state index contributed by atoms with van der Waals surface area (Å²) in [4.78, 5) is 5.18. The maximum atomic E-state index is 14.5.